The van der Waals surface area contributed by atoms with Crippen LogP contribution in [0.15, 0.2) is 36.3 Å². The van der Waals surface area contributed by atoms with Gasteiger partial charge in [0, 0.05) is 25.9 Å². The maximum Gasteiger partial charge on any atom is 0.307 e. The molecule has 3 unspecified atom stereocenters. The molecule has 3 atom stereocenters. The van der Waals surface area contributed by atoms with Gasteiger partial charge in [-0.2, -0.15) is 0 Å². The fraction of sp³-hybridized carbons (Fsp3) is 0.529. The molecule has 2 aliphatic heterocycles. The number of carboxylic acid groups (broad SMARTS) is 1. The van der Waals surface area contributed by atoms with Crippen molar-refractivity contribution in [3.63, 3.8) is 0 Å². The van der Waals surface area contributed by atoms with Gasteiger partial charge in [-0.25, -0.2) is 4.21 Å². The Balaban J connectivity index is 2.00. The molecule has 1 amide bonds. The van der Waals surface area contributed by atoms with Gasteiger partial charge < -0.3 is 14.7 Å². The molecule has 2 saturated heterocycles. The molecule has 26 heavy (non-hydrogen) atoms. The number of morpholine rings is 1. The maximum atomic E-state index is 12.1. The van der Waals surface area contributed by atoms with Gasteiger partial charge in [0.05, 0.1) is 18.2 Å². The van der Waals surface area contributed by atoms with Crippen molar-refractivity contribution in [2.24, 2.45) is 5.92 Å². The van der Waals surface area contributed by atoms with Crippen molar-refractivity contribution in [1.82, 2.24) is 9.21 Å². The molecule has 2 N–H and O–H groups in total. The summed E-state index contributed by atoms with van der Waals surface area (Å²) in [5, 5.41) is 9.02. The monoisotopic (exact) mass is 384 g/mol. The highest BCUT2D eigenvalue weighted by Gasteiger charge is 2.33. The summed E-state index contributed by atoms with van der Waals surface area (Å²) >= 11 is -2.19. The Labute approximate surface area is 155 Å². The van der Waals surface area contributed by atoms with Crippen LogP contribution in [0.1, 0.15) is 26.2 Å². The lowest BCUT2D eigenvalue weighted by molar-refractivity contribution is -0.149. The van der Waals surface area contributed by atoms with Crippen molar-refractivity contribution in [3.8, 4) is 0 Å². The van der Waals surface area contributed by atoms with Crippen molar-refractivity contribution in [1.29, 1.82) is 0 Å². The van der Waals surface area contributed by atoms with E-state index < -0.39 is 23.2 Å². The largest absolute Gasteiger partial charge is 0.486 e. The summed E-state index contributed by atoms with van der Waals surface area (Å²) in [4.78, 5) is 24.7. The first-order chi connectivity index (χ1) is 12.4. The van der Waals surface area contributed by atoms with E-state index in [2.05, 4.69) is 6.58 Å². The number of hydrogen-bond donors (Lipinski definition) is 2. The van der Waals surface area contributed by atoms with E-state index in [0.29, 0.717) is 37.4 Å². The predicted octanol–water partition coefficient (Wildman–Crippen LogP) is 1.51. The SMILES string of the molecule is C=C/C=C1/OC(CCN2CCC(C(=O)O)CC2=O)CN(S(=O)O)/C1=C/C. The van der Waals surface area contributed by atoms with E-state index in [0.717, 1.165) is 0 Å². The Morgan fingerprint density at radius 2 is 2.23 bits per heavy atom. The second-order valence-electron chi connectivity index (χ2n) is 6.17. The minimum absolute atomic E-state index is 0.0119. The number of piperidine rings is 1. The zero-order valence-electron chi connectivity index (χ0n) is 14.7. The molecular weight excluding hydrogens is 360 g/mol. The number of carboxylic acids is 1. The molecule has 0 aromatic rings. The number of carbonyl (C=O) groups excluding carboxylic acids is 1. The lowest BCUT2D eigenvalue weighted by atomic mass is 9.96. The molecule has 0 radical (unpaired) electrons. The zero-order valence-corrected chi connectivity index (χ0v) is 15.5. The van der Waals surface area contributed by atoms with Gasteiger partial charge in [-0.15, -0.1) is 0 Å². The predicted molar refractivity (Wildman–Crippen MR) is 95.9 cm³/mol. The van der Waals surface area contributed by atoms with Crippen LogP contribution in [0.3, 0.4) is 0 Å². The molecular formula is C17H24N2O6S. The summed E-state index contributed by atoms with van der Waals surface area (Å²) < 4.78 is 28.4. The number of hydrogen-bond acceptors (Lipinski definition) is 4. The van der Waals surface area contributed by atoms with Crippen LogP contribution in [-0.4, -0.2) is 60.7 Å². The molecule has 0 saturated carbocycles. The zero-order chi connectivity index (χ0) is 19.3. The Morgan fingerprint density at radius 3 is 2.77 bits per heavy atom. The van der Waals surface area contributed by atoms with E-state index in [9.17, 15) is 18.4 Å². The van der Waals surface area contributed by atoms with Gasteiger partial charge in [-0.1, -0.05) is 18.7 Å². The van der Waals surface area contributed by atoms with Gasteiger partial charge in [-0.05, 0) is 19.4 Å². The van der Waals surface area contributed by atoms with E-state index in [-0.39, 0.29) is 25.0 Å². The van der Waals surface area contributed by atoms with Crippen molar-refractivity contribution < 1.29 is 28.2 Å². The molecule has 2 rings (SSSR count). The molecule has 2 fully saturated rings. The van der Waals surface area contributed by atoms with Crippen LogP contribution >= 0.6 is 0 Å². The standard InChI is InChI=1S/C17H24N2O6S/c1-3-5-15-14(4-2)19(26(23)24)11-13(25-15)7-9-18-8-6-12(17(21)22)10-16(18)20/h3-5,12-13H,1,6-11H2,2H3,(H,21,22)(H,23,24)/b14-4+,15-5+. The van der Waals surface area contributed by atoms with Gasteiger partial charge in [0.25, 0.3) is 11.3 Å². The molecule has 9 heteroatoms. The second kappa shape index (κ2) is 9.00. The highest BCUT2D eigenvalue weighted by atomic mass is 32.2. The van der Waals surface area contributed by atoms with Crippen LogP contribution in [-0.2, 0) is 25.6 Å². The van der Waals surface area contributed by atoms with E-state index in [1.165, 1.54) is 4.31 Å². The number of aliphatic carboxylic acids is 1. The first-order valence-electron chi connectivity index (χ1n) is 8.42. The topological polar surface area (TPSA) is 107 Å². The third kappa shape index (κ3) is 4.73. The average Bonchev–Trinajstić information content (AvgIpc) is 2.60. The molecule has 0 aliphatic carbocycles. The van der Waals surface area contributed by atoms with Crippen molar-refractivity contribution in [2.45, 2.75) is 32.3 Å². The Kier molecular flexibility index (Phi) is 6.98. The number of likely N-dealkylation sites (tertiary alicyclic amines) is 1. The van der Waals surface area contributed by atoms with Crippen LogP contribution in [0.4, 0.5) is 0 Å². The van der Waals surface area contributed by atoms with Gasteiger partial charge in [0.2, 0.25) is 5.91 Å². The van der Waals surface area contributed by atoms with Crippen LogP contribution in [0, 0.1) is 5.92 Å². The first kappa shape index (κ1) is 20.2. The smallest absolute Gasteiger partial charge is 0.307 e. The minimum Gasteiger partial charge on any atom is -0.486 e. The maximum absolute atomic E-state index is 12.1. The molecule has 2 aliphatic rings. The van der Waals surface area contributed by atoms with E-state index in [1.807, 2.05) is 0 Å². The van der Waals surface area contributed by atoms with Crippen molar-refractivity contribution in [3.05, 3.63) is 36.3 Å². The number of nitrogens with zero attached hydrogens (tertiary/aromatic N) is 2. The third-order valence-electron chi connectivity index (χ3n) is 4.51. The number of rotatable bonds is 6. The van der Waals surface area contributed by atoms with Gasteiger partial charge in [-0.3, -0.25) is 18.4 Å². The van der Waals surface area contributed by atoms with Crippen LogP contribution in [0.25, 0.3) is 0 Å². The average molecular weight is 384 g/mol. The molecule has 0 aromatic carbocycles. The molecule has 8 nitrogen and oxygen atoms in total. The molecule has 0 bridgehead atoms. The Hall–Kier alpha value is -2.13. The fourth-order valence-electron chi connectivity index (χ4n) is 3.12. The lowest BCUT2D eigenvalue weighted by Gasteiger charge is -2.37. The Morgan fingerprint density at radius 1 is 1.50 bits per heavy atom. The van der Waals surface area contributed by atoms with Crippen LogP contribution < -0.4 is 0 Å². The highest BCUT2D eigenvalue weighted by molar-refractivity contribution is 7.76. The number of amides is 1. The molecule has 0 spiro atoms. The summed E-state index contributed by atoms with van der Waals surface area (Å²) in [6.07, 6.45) is 5.42. The van der Waals surface area contributed by atoms with Gasteiger partial charge in [0.15, 0.2) is 0 Å². The fourth-order valence-corrected chi connectivity index (χ4v) is 3.78. The van der Waals surface area contributed by atoms with Crippen LogP contribution in [0.2, 0.25) is 0 Å². The highest BCUT2D eigenvalue weighted by Crippen LogP contribution is 2.28. The van der Waals surface area contributed by atoms with Gasteiger partial charge >= 0.3 is 5.97 Å². The summed E-state index contributed by atoms with van der Waals surface area (Å²) in [6.45, 7) is 6.41. The molecule has 0 aromatic heterocycles. The normalized spacial score (nSPS) is 28.2. The third-order valence-corrected chi connectivity index (χ3v) is 5.23. The van der Waals surface area contributed by atoms with Crippen molar-refractivity contribution >= 4 is 23.1 Å². The van der Waals surface area contributed by atoms with Crippen LogP contribution in [0.5, 0.6) is 0 Å². The Bertz CT molecular complexity index is 660. The van der Waals surface area contributed by atoms with E-state index in [1.54, 1.807) is 30.1 Å². The minimum atomic E-state index is -2.19. The first-order valence-corrected chi connectivity index (χ1v) is 9.48. The van der Waals surface area contributed by atoms with Gasteiger partial charge in [0.1, 0.15) is 11.9 Å². The van der Waals surface area contributed by atoms with E-state index in [4.69, 9.17) is 9.84 Å². The summed E-state index contributed by atoms with van der Waals surface area (Å²) in [6, 6.07) is 0. The van der Waals surface area contributed by atoms with E-state index >= 15 is 0 Å². The summed E-state index contributed by atoms with van der Waals surface area (Å²) in [5.74, 6) is -1.28. The summed E-state index contributed by atoms with van der Waals surface area (Å²) in [5.41, 5.74) is 0.514. The number of carbonyl (C=O) groups is 2. The lowest BCUT2D eigenvalue weighted by Crippen LogP contribution is -2.45. The molecule has 144 valence electrons. The number of allylic oxidation sites excluding steroid dienone is 3. The van der Waals surface area contributed by atoms with Crippen molar-refractivity contribution in [2.75, 3.05) is 19.6 Å². The summed E-state index contributed by atoms with van der Waals surface area (Å²) in [7, 11) is 0. The quantitative estimate of drug-likeness (QED) is 0.672. The molecule has 2 heterocycles. The number of ether oxygens (including phenoxy) is 1. The second-order valence-corrected chi connectivity index (χ2v) is 7.07.